The van der Waals surface area contributed by atoms with Gasteiger partial charge in [-0.15, -0.1) is 0 Å². The first-order chi connectivity index (χ1) is 8.04. The quantitative estimate of drug-likeness (QED) is 0.762. The molecule has 5 heteroatoms. The summed E-state index contributed by atoms with van der Waals surface area (Å²) in [7, 11) is 1.32. The van der Waals surface area contributed by atoms with Gasteiger partial charge in [-0.05, 0) is 18.1 Å². The van der Waals surface area contributed by atoms with Crippen LogP contribution in [0.1, 0.15) is 42.4 Å². The second-order valence-corrected chi connectivity index (χ2v) is 4.06. The van der Waals surface area contributed by atoms with Gasteiger partial charge in [-0.25, -0.2) is 0 Å². The van der Waals surface area contributed by atoms with Crippen molar-refractivity contribution in [3.05, 3.63) is 23.5 Å². The first-order valence-electron chi connectivity index (χ1n) is 5.58. The van der Waals surface area contributed by atoms with Gasteiger partial charge in [0.15, 0.2) is 0 Å². The molecule has 2 N–H and O–H groups in total. The molecule has 1 aromatic rings. The molecule has 0 radical (unpaired) electrons. The number of H-pyrrole nitrogens is 1. The predicted molar refractivity (Wildman–Crippen MR) is 63.8 cm³/mol. The average molecular weight is 238 g/mol. The van der Waals surface area contributed by atoms with Crippen LogP contribution in [-0.4, -0.2) is 30.5 Å². The first-order valence-corrected chi connectivity index (χ1v) is 5.58. The van der Waals surface area contributed by atoms with E-state index in [2.05, 4.69) is 15.0 Å². The molecule has 0 aromatic carbocycles. The van der Waals surface area contributed by atoms with Gasteiger partial charge in [0, 0.05) is 12.2 Å². The number of ether oxygens (including phenoxy) is 1. The van der Waals surface area contributed by atoms with Gasteiger partial charge in [0.2, 0.25) is 0 Å². The third kappa shape index (κ3) is 3.94. The maximum Gasteiger partial charge on any atom is 0.307 e. The molecule has 5 nitrogen and oxygen atoms in total. The minimum atomic E-state index is -0.334. The molecule has 1 aromatic heterocycles. The van der Waals surface area contributed by atoms with Crippen LogP contribution in [0.25, 0.3) is 0 Å². The lowest BCUT2D eigenvalue weighted by Gasteiger charge is -2.03. The van der Waals surface area contributed by atoms with Gasteiger partial charge in [-0.3, -0.25) is 9.59 Å². The van der Waals surface area contributed by atoms with Crippen molar-refractivity contribution in [2.45, 2.75) is 26.2 Å². The highest BCUT2D eigenvalue weighted by Gasteiger charge is 2.10. The number of rotatable bonds is 5. The fraction of sp³-hybridized carbons (Fsp3) is 0.500. The molecule has 0 unspecified atom stereocenters. The number of amides is 1. The molecule has 0 fully saturated rings. The predicted octanol–water partition coefficient (Wildman–Crippen LogP) is 1.43. The number of hydrogen-bond acceptors (Lipinski definition) is 3. The summed E-state index contributed by atoms with van der Waals surface area (Å²) in [6.45, 7) is 4.37. The van der Waals surface area contributed by atoms with Crippen molar-refractivity contribution >= 4 is 11.9 Å². The van der Waals surface area contributed by atoms with Crippen LogP contribution in [-0.2, 0) is 9.53 Å². The van der Waals surface area contributed by atoms with Crippen LogP contribution in [0.5, 0.6) is 0 Å². The maximum atomic E-state index is 11.7. The second kappa shape index (κ2) is 6.08. The summed E-state index contributed by atoms with van der Waals surface area (Å²) >= 11 is 0. The van der Waals surface area contributed by atoms with Crippen LogP contribution in [0, 0.1) is 0 Å². The average Bonchev–Trinajstić information content (AvgIpc) is 2.78. The van der Waals surface area contributed by atoms with Crippen molar-refractivity contribution in [3.63, 3.8) is 0 Å². The van der Waals surface area contributed by atoms with Crippen LogP contribution in [0.2, 0.25) is 0 Å². The standard InChI is InChI=1S/C12H18N2O3/c1-8(2)9-4-5-10(14-9)12(16)13-7-6-11(15)17-3/h4-5,8,14H,6-7H2,1-3H3,(H,13,16). The highest BCUT2D eigenvalue weighted by Crippen LogP contribution is 2.12. The Balaban J connectivity index is 2.44. The van der Waals surface area contributed by atoms with Crippen LogP contribution in [0.15, 0.2) is 12.1 Å². The molecule has 0 aliphatic rings. The number of methoxy groups -OCH3 is 1. The van der Waals surface area contributed by atoms with E-state index in [9.17, 15) is 9.59 Å². The number of carbonyl (C=O) groups excluding carboxylic acids is 2. The third-order valence-electron chi connectivity index (χ3n) is 2.42. The van der Waals surface area contributed by atoms with Crippen molar-refractivity contribution in [2.75, 3.05) is 13.7 Å². The molecule has 0 aliphatic heterocycles. The van der Waals surface area contributed by atoms with Crippen LogP contribution >= 0.6 is 0 Å². The van der Waals surface area contributed by atoms with E-state index in [4.69, 9.17) is 0 Å². The molecular formula is C12H18N2O3. The van der Waals surface area contributed by atoms with Crippen molar-refractivity contribution in [3.8, 4) is 0 Å². The Bertz CT molecular complexity index is 396. The lowest BCUT2D eigenvalue weighted by atomic mass is 10.1. The van der Waals surface area contributed by atoms with Gasteiger partial charge in [0.05, 0.1) is 13.5 Å². The summed E-state index contributed by atoms with van der Waals surface area (Å²) < 4.78 is 4.48. The normalized spacial score (nSPS) is 10.4. The number of esters is 1. The molecule has 0 saturated heterocycles. The zero-order chi connectivity index (χ0) is 12.8. The van der Waals surface area contributed by atoms with E-state index in [1.54, 1.807) is 6.07 Å². The lowest BCUT2D eigenvalue weighted by molar-refractivity contribution is -0.140. The molecule has 0 aliphatic carbocycles. The number of nitrogens with one attached hydrogen (secondary N) is 2. The minimum Gasteiger partial charge on any atom is -0.469 e. The highest BCUT2D eigenvalue weighted by atomic mass is 16.5. The first kappa shape index (κ1) is 13.3. The fourth-order valence-electron chi connectivity index (χ4n) is 1.36. The molecule has 0 spiro atoms. The fourth-order valence-corrected chi connectivity index (χ4v) is 1.36. The lowest BCUT2D eigenvalue weighted by Crippen LogP contribution is -2.26. The number of hydrogen-bond donors (Lipinski definition) is 2. The summed E-state index contributed by atoms with van der Waals surface area (Å²) in [4.78, 5) is 25.5. The van der Waals surface area contributed by atoms with Gasteiger partial charge in [0.25, 0.3) is 5.91 Å². The van der Waals surface area contributed by atoms with Crippen LogP contribution in [0.4, 0.5) is 0 Å². The SMILES string of the molecule is COC(=O)CCNC(=O)c1ccc(C(C)C)[nH]1. The Morgan fingerprint density at radius 2 is 2.12 bits per heavy atom. The molecular weight excluding hydrogens is 220 g/mol. The topological polar surface area (TPSA) is 71.2 Å². The molecule has 94 valence electrons. The van der Waals surface area contributed by atoms with Gasteiger partial charge in [-0.1, -0.05) is 13.8 Å². The Hall–Kier alpha value is -1.78. The maximum absolute atomic E-state index is 11.7. The Morgan fingerprint density at radius 1 is 1.41 bits per heavy atom. The Kier molecular flexibility index (Phi) is 4.75. The largest absolute Gasteiger partial charge is 0.469 e. The van der Waals surface area contributed by atoms with E-state index in [1.807, 2.05) is 19.9 Å². The van der Waals surface area contributed by atoms with Crippen molar-refractivity contribution in [1.29, 1.82) is 0 Å². The van der Waals surface area contributed by atoms with E-state index < -0.39 is 0 Å². The minimum absolute atomic E-state index is 0.181. The second-order valence-electron chi connectivity index (χ2n) is 4.06. The monoisotopic (exact) mass is 238 g/mol. The van der Waals surface area contributed by atoms with Crippen LogP contribution < -0.4 is 5.32 Å². The molecule has 17 heavy (non-hydrogen) atoms. The highest BCUT2D eigenvalue weighted by molar-refractivity contribution is 5.92. The van der Waals surface area contributed by atoms with E-state index >= 15 is 0 Å². The molecule has 1 amide bonds. The van der Waals surface area contributed by atoms with E-state index in [0.29, 0.717) is 11.6 Å². The van der Waals surface area contributed by atoms with Crippen molar-refractivity contribution < 1.29 is 14.3 Å². The number of aromatic amines is 1. The summed E-state index contributed by atoms with van der Waals surface area (Å²) in [5.74, 6) is -0.188. The summed E-state index contributed by atoms with van der Waals surface area (Å²) in [5, 5.41) is 2.65. The number of carbonyl (C=O) groups is 2. The van der Waals surface area contributed by atoms with E-state index in [-0.39, 0.29) is 24.8 Å². The summed E-state index contributed by atoms with van der Waals surface area (Å²) in [5.41, 5.74) is 1.53. The van der Waals surface area contributed by atoms with Gasteiger partial charge < -0.3 is 15.0 Å². The molecule has 1 rings (SSSR count). The zero-order valence-electron chi connectivity index (χ0n) is 10.4. The summed E-state index contributed by atoms with van der Waals surface area (Å²) in [6, 6.07) is 3.63. The Labute approximate surface area is 101 Å². The van der Waals surface area contributed by atoms with Crippen LogP contribution in [0.3, 0.4) is 0 Å². The van der Waals surface area contributed by atoms with E-state index in [0.717, 1.165) is 5.69 Å². The van der Waals surface area contributed by atoms with Crippen molar-refractivity contribution in [1.82, 2.24) is 10.3 Å². The van der Waals surface area contributed by atoms with Crippen molar-refractivity contribution in [2.24, 2.45) is 0 Å². The molecule has 0 bridgehead atoms. The summed E-state index contributed by atoms with van der Waals surface area (Å²) in [6.07, 6.45) is 0.181. The van der Waals surface area contributed by atoms with Gasteiger partial charge >= 0.3 is 5.97 Å². The molecule has 1 heterocycles. The van der Waals surface area contributed by atoms with Gasteiger partial charge in [-0.2, -0.15) is 0 Å². The smallest absolute Gasteiger partial charge is 0.307 e. The zero-order valence-corrected chi connectivity index (χ0v) is 10.4. The molecule has 0 atom stereocenters. The molecule has 0 saturated carbocycles. The van der Waals surface area contributed by atoms with Gasteiger partial charge in [0.1, 0.15) is 5.69 Å². The third-order valence-corrected chi connectivity index (χ3v) is 2.42. The number of aromatic nitrogens is 1. The van der Waals surface area contributed by atoms with E-state index in [1.165, 1.54) is 7.11 Å². The Morgan fingerprint density at radius 3 is 2.65 bits per heavy atom.